The van der Waals surface area contributed by atoms with E-state index in [1.807, 2.05) is 19.3 Å². The predicted molar refractivity (Wildman–Crippen MR) is 53.5 cm³/mol. The van der Waals surface area contributed by atoms with Crippen molar-refractivity contribution in [3.8, 4) is 0 Å². The molecule has 0 aliphatic heterocycles. The number of anilines is 2. The van der Waals surface area contributed by atoms with Gasteiger partial charge in [0.25, 0.3) is 0 Å². The van der Waals surface area contributed by atoms with Gasteiger partial charge in [-0.25, -0.2) is 0 Å². The highest BCUT2D eigenvalue weighted by molar-refractivity contribution is 5.44. The van der Waals surface area contributed by atoms with Gasteiger partial charge >= 0.3 is 6.01 Å². The van der Waals surface area contributed by atoms with E-state index in [4.69, 9.17) is 10.2 Å². The van der Waals surface area contributed by atoms with E-state index in [0.717, 1.165) is 0 Å². The Morgan fingerprint density at radius 2 is 2.40 bits per heavy atom. The molecule has 0 aliphatic rings. The molecular formula is C8H12N6O. The Labute approximate surface area is 86.3 Å². The van der Waals surface area contributed by atoms with E-state index in [9.17, 15) is 0 Å². The predicted octanol–water partition coefficient (Wildman–Crippen LogP) is 0.0479. The van der Waals surface area contributed by atoms with E-state index in [2.05, 4.69) is 20.6 Å². The summed E-state index contributed by atoms with van der Waals surface area (Å²) >= 11 is 0. The third-order valence-electron chi connectivity index (χ3n) is 1.77. The average molecular weight is 208 g/mol. The molecule has 2 rings (SSSR count). The van der Waals surface area contributed by atoms with Crippen LogP contribution in [0, 0.1) is 0 Å². The molecule has 0 radical (unpaired) electrons. The number of nitrogens with zero attached hydrogens (tertiary/aromatic N) is 4. The van der Waals surface area contributed by atoms with Gasteiger partial charge in [-0.05, 0) is 0 Å². The Kier molecular flexibility index (Phi) is 2.64. The lowest BCUT2D eigenvalue weighted by Crippen LogP contribution is -2.02. The molecule has 15 heavy (non-hydrogen) atoms. The van der Waals surface area contributed by atoms with E-state index in [0.29, 0.717) is 30.7 Å². The smallest absolute Gasteiger partial charge is 0.321 e. The van der Waals surface area contributed by atoms with Crippen molar-refractivity contribution >= 4 is 11.8 Å². The number of aromatic nitrogens is 4. The van der Waals surface area contributed by atoms with Crippen LogP contribution in [-0.4, -0.2) is 26.5 Å². The highest BCUT2D eigenvalue weighted by atomic mass is 16.4. The summed E-state index contributed by atoms with van der Waals surface area (Å²) < 4.78 is 6.95. The van der Waals surface area contributed by atoms with Crippen LogP contribution >= 0.6 is 0 Å². The summed E-state index contributed by atoms with van der Waals surface area (Å²) in [6.45, 7) is 0.491. The van der Waals surface area contributed by atoms with Crippen LogP contribution in [0.25, 0.3) is 0 Å². The standard InChI is InChI=1S/C8H12N6O/c1-14-5-3-6(13-14)10-8-12-11-7(15-8)2-4-9/h3,5H,2,4,9H2,1H3,(H,10,12,13). The van der Waals surface area contributed by atoms with Crippen LogP contribution in [0.3, 0.4) is 0 Å². The number of nitrogens with one attached hydrogen (secondary N) is 1. The van der Waals surface area contributed by atoms with Gasteiger partial charge in [0.05, 0.1) is 0 Å². The van der Waals surface area contributed by atoms with E-state index in [1.54, 1.807) is 4.68 Å². The summed E-state index contributed by atoms with van der Waals surface area (Å²) in [6.07, 6.45) is 2.40. The van der Waals surface area contributed by atoms with Crippen LogP contribution in [0.2, 0.25) is 0 Å². The van der Waals surface area contributed by atoms with Crippen LogP contribution in [0.1, 0.15) is 5.89 Å². The molecule has 0 amide bonds. The number of hydrogen-bond acceptors (Lipinski definition) is 6. The topological polar surface area (TPSA) is 94.8 Å². The Morgan fingerprint density at radius 1 is 1.53 bits per heavy atom. The fourth-order valence-electron chi connectivity index (χ4n) is 1.12. The maximum absolute atomic E-state index is 5.36. The van der Waals surface area contributed by atoms with Gasteiger partial charge in [-0.15, -0.1) is 5.10 Å². The molecule has 0 aromatic carbocycles. The number of rotatable bonds is 4. The molecule has 0 bridgehead atoms. The molecule has 80 valence electrons. The molecule has 0 spiro atoms. The summed E-state index contributed by atoms with van der Waals surface area (Å²) in [6, 6.07) is 2.14. The zero-order valence-corrected chi connectivity index (χ0v) is 8.34. The third kappa shape index (κ3) is 2.32. The third-order valence-corrected chi connectivity index (χ3v) is 1.77. The van der Waals surface area contributed by atoms with Crippen molar-refractivity contribution in [1.82, 2.24) is 20.0 Å². The van der Waals surface area contributed by atoms with Crippen LogP contribution in [0.4, 0.5) is 11.8 Å². The highest BCUT2D eigenvalue weighted by Crippen LogP contribution is 2.12. The molecule has 7 nitrogen and oxygen atoms in total. The summed E-state index contributed by atoms with van der Waals surface area (Å²) in [5.41, 5.74) is 5.36. The van der Waals surface area contributed by atoms with Gasteiger partial charge < -0.3 is 10.2 Å². The molecule has 3 N–H and O–H groups in total. The van der Waals surface area contributed by atoms with E-state index < -0.39 is 0 Å². The minimum Gasteiger partial charge on any atom is -0.408 e. The van der Waals surface area contributed by atoms with Crippen LogP contribution in [0.15, 0.2) is 16.7 Å². The maximum atomic E-state index is 5.36. The van der Waals surface area contributed by atoms with Crippen LogP contribution in [-0.2, 0) is 13.5 Å². The number of aryl methyl sites for hydroxylation is 1. The Balaban J connectivity index is 2.04. The molecule has 2 aromatic rings. The fourth-order valence-corrected chi connectivity index (χ4v) is 1.12. The van der Waals surface area contributed by atoms with Gasteiger partial charge in [0.2, 0.25) is 5.89 Å². The largest absolute Gasteiger partial charge is 0.408 e. The van der Waals surface area contributed by atoms with Gasteiger partial charge in [-0.2, -0.15) is 5.10 Å². The summed E-state index contributed by atoms with van der Waals surface area (Å²) in [4.78, 5) is 0. The molecule has 0 unspecified atom stereocenters. The molecule has 0 atom stereocenters. The maximum Gasteiger partial charge on any atom is 0.321 e. The molecule has 0 saturated carbocycles. The number of hydrogen-bond donors (Lipinski definition) is 2. The Bertz CT molecular complexity index is 434. The second kappa shape index (κ2) is 4.09. The quantitative estimate of drug-likeness (QED) is 0.737. The summed E-state index contributed by atoms with van der Waals surface area (Å²) in [5.74, 6) is 1.19. The molecule has 2 aromatic heterocycles. The van der Waals surface area contributed by atoms with Crippen molar-refractivity contribution in [2.75, 3.05) is 11.9 Å². The minimum atomic E-state index is 0.331. The molecule has 0 fully saturated rings. The van der Waals surface area contributed by atoms with Gasteiger partial charge in [-0.3, -0.25) is 10.00 Å². The second-order valence-corrected chi connectivity index (χ2v) is 3.04. The Morgan fingerprint density at radius 3 is 3.07 bits per heavy atom. The van der Waals surface area contributed by atoms with Crippen molar-refractivity contribution in [2.45, 2.75) is 6.42 Å². The highest BCUT2D eigenvalue weighted by Gasteiger charge is 2.06. The van der Waals surface area contributed by atoms with Gasteiger partial charge in [-0.1, -0.05) is 5.10 Å². The molecule has 7 heteroatoms. The first-order chi connectivity index (χ1) is 7.28. The molecule has 0 saturated heterocycles. The zero-order valence-electron chi connectivity index (χ0n) is 8.34. The Hall–Kier alpha value is -1.89. The van der Waals surface area contributed by atoms with Crippen LogP contribution < -0.4 is 11.1 Å². The molecular weight excluding hydrogens is 196 g/mol. The lowest BCUT2D eigenvalue weighted by molar-refractivity contribution is 0.509. The molecule has 2 heterocycles. The van der Waals surface area contributed by atoms with Crippen molar-refractivity contribution in [1.29, 1.82) is 0 Å². The van der Waals surface area contributed by atoms with Gasteiger partial charge in [0.15, 0.2) is 5.82 Å². The average Bonchev–Trinajstić information content (AvgIpc) is 2.78. The monoisotopic (exact) mass is 208 g/mol. The van der Waals surface area contributed by atoms with E-state index in [-0.39, 0.29) is 0 Å². The van der Waals surface area contributed by atoms with Crippen molar-refractivity contribution < 1.29 is 4.42 Å². The number of nitrogens with two attached hydrogens (primary N) is 1. The second-order valence-electron chi connectivity index (χ2n) is 3.04. The molecule has 0 aliphatic carbocycles. The first kappa shape index (κ1) is 9.66. The normalized spacial score (nSPS) is 10.5. The first-order valence-electron chi connectivity index (χ1n) is 4.57. The van der Waals surface area contributed by atoms with E-state index >= 15 is 0 Å². The SMILES string of the molecule is Cn1ccc(Nc2nnc(CCN)o2)n1. The fraction of sp³-hybridized carbons (Fsp3) is 0.375. The van der Waals surface area contributed by atoms with Crippen molar-refractivity contribution in [2.24, 2.45) is 12.8 Å². The first-order valence-corrected chi connectivity index (χ1v) is 4.57. The van der Waals surface area contributed by atoms with Gasteiger partial charge in [0.1, 0.15) is 0 Å². The lowest BCUT2D eigenvalue weighted by atomic mass is 10.4. The van der Waals surface area contributed by atoms with Crippen LogP contribution in [0.5, 0.6) is 0 Å². The van der Waals surface area contributed by atoms with Gasteiger partial charge in [0, 0.05) is 32.3 Å². The summed E-state index contributed by atoms with van der Waals surface area (Å²) in [7, 11) is 1.83. The lowest BCUT2D eigenvalue weighted by Gasteiger charge is -1.93. The minimum absolute atomic E-state index is 0.331. The summed E-state index contributed by atoms with van der Waals surface area (Å²) in [5, 5.41) is 14.6. The zero-order chi connectivity index (χ0) is 10.7. The van der Waals surface area contributed by atoms with Crippen molar-refractivity contribution in [3.05, 3.63) is 18.2 Å². The van der Waals surface area contributed by atoms with Crippen molar-refractivity contribution in [3.63, 3.8) is 0 Å². The van der Waals surface area contributed by atoms with E-state index in [1.165, 1.54) is 0 Å².